The zero-order chi connectivity index (χ0) is 21.4. The minimum Gasteiger partial charge on any atom is -0.314 e. The quantitative estimate of drug-likeness (QED) is 0.373. The van der Waals surface area contributed by atoms with Crippen molar-refractivity contribution >= 4 is 52.5 Å². The molecule has 150 valence electrons. The van der Waals surface area contributed by atoms with Crippen LogP contribution in [0, 0.1) is 12.7 Å². The first-order valence-electron chi connectivity index (χ1n) is 8.96. The number of hydrogen-bond acceptors (Lipinski definition) is 3. The van der Waals surface area contributed by atoms with E-state index in [1.807, 2.05) is 6.92 Å². The van der Waals surface area contributed by atoms with Crippen LogP contribution in [0.25, 0.3) is 11.8 Å². The summed E-state index contributed by atoms with van der Waals surface area (Å²) in [5, 5.41) is 2.96. The van der Waals surface area contributed by atoms with E-state index in [1.54, 1.807) is 59.3 Å². The molecule has 30 heavy (non-hydrogen) atoms. The topological polar surface area (TPSA) is 54.3 Å². The van der Waals surface area contributed by atoms with Gasteiger partial charge in [0.2, 0.25) is 0 Å². The molecule has 0 bridgehead atoms. The summed E-state index contributed by atoms with van der Waals surface area (Å²) in [6, 6.07) is 14.7. The molecule has 1 fully saturated rings. The second-order valence-electron chi connectivity index (χ2n) is 6.65. The summed E-state index contributed by atoms with van der Waals surface area (Å²) >= 11 is 11.4. The molecule has 1 aliphatic rings. The van der Waals surface area contributed by atoms with Crippen molar-refractivity contribution in [2.45, 2.75) is 6.92 Å². The molecular weight excluding hydrogens is 425 g/mol. The number of aryl methyl sites for hydroxylation is 1. The molecule has 1 aliphatic heterocycles. The number of anilines is 1. The maximum atomic E-state index is 14.2. The molecule has 8 heteroatoms. The fourth-order valence-electron chi connectivity index (χ4n) is 3.14. The third kappa shape index (κ3) is 3.53. The van der Waals surface area contributed by atoms with Gasteiger partial charge in [0.1, 0.15) is 11.4 Å². The van der Waals surface area contributed by atoms with E-state index in [1.165, 1.54) is 17.0 Å². The Morgan fingerprint density at radius 2 is 1.87 bits per heavy atom. The van der Waals surface area contributed by atoms with Gasteiger partial charge in [-0.2, -0.15) is 0 Å². The highest BCUT2D eigenvalue weighted by Crippen LogP contribution is 2.27. The van der Waals surface area contributed by atoms with Crippen molar-refractivity contribution in [2.24, 2.45) is 0 Å². The van der Waals surface area contributed by atoms with Crippen LogP contribution >= 0.6 is 23.8 Å². The fraction of sp³-hybridized carbons (Fsp3) is 0.0455. The minimum atomic E-state index is -0.624. The Hall–Kier alpha value is -3.29. The van der Waals surface area contributed by atoms with Gasteiger partial charge >= 0.3 is 0 Å². The van der Waals surface area contributed by atoms with Gasteiger partial charge in [-0.3, -0.25) is 19.8 Å². The minimum absolute atomic E-state index is 0.0356. The zero-order valence-electron chi connectivity index (χ0n) is 15.7. The van der Waals surface area contributed by atoms with Crippen LogP contribution in [0.15, 0.2) is 66.4 Å². The van der Waals surface area contributed by atoms with Crippen LogP contribution in [0.4, 0.5) is 10.1 Å². The lowest BCUT2D eigenvalue weighted by molar-refractivity contribution is -0.122. The molecule has 5 nitrogen and oxygen atoms in total. The van der Waals surface area contributed by atoms with Crippen LogP contribution < -0.4 is 10.2 Å². The van der Waals surface area contributed by atoms with Gasteiger partial charge in [0.05, 0.1) is 11.4 Å². The summed E-state index contributed by atoms with van der Waals surface area (Å²) in [6.45, 7) is 1.84. The molecule has 0 atom stereocenters. The molecular formula is C22H15ClFN3O2S. The lowest BCUT2D eigenvalue weighted by Gasteiger charge is -2.29. The summed E-state index contributed by atoms with van der Waals surface area (Å²) in [4.78, 5) is 26.9. The molecule has 0 radical (unpaired) electrons. The highest BCUT2D eigenvalue weighted by atomic mass is 35.5. The summed E-state index contributed by atoms with van der Waals surface area (Å²) < 4.78 is 15.8. The van der Waals surface area contributed by atoms with Crippen LogP contribution in [0.2, 0.25) is 5.02 Å². The van der Waals surface area contributed by atoms with Gasteiger partial charge in [0.25, 0.3) is 11.8 Å². The van der Waals surface area contributed by atoms with Crippen molar-refractivity contribution in [3.63, 3.8) is 0 Å². The first-order valence-corrected chi connectivity index (χ1v) is 9.75. The van der Waals surface area contributed by atoms with Crippen LogP contribution in [0.1, 0.15) is 11.3 Å². The smallest absolute Gasteiger partial charge is 0.270 e. The number of aromatic nitrogens is 1. The number of amides is 2. The first-order chi connectivity index (χ1) is 14.4. The first kappa shape index (κ1) is 20.0. The second-order valence-corrected chi connectivity index (χ2v) is 7.44. The fourth-order valence-corrected chi connectivity index (χ4v) is 3.59. The molecule has 3 aromatic rings. The van der Waals surface area contributed by atoms with Gasteiger partial charge in [-0.1, -0.05) is 29.8 Å². The number of nitrogens with zero attached hydrogens (tertiary/aromatic N) is 2. The summed E-state index contributed by atoms with van der Waals surface area (Å²) in [5.74, 6) is -1.64. The van der Waals surface area contributed by atoms with Crippen molar-refractivity contribution in [3.8, 4) is 5.69 Å². The standard InChI is InChI=1S/C22H15ClFN3O2S/c1-13-8-9-15(12-17(13)23)27-21(29)16(20(28)25-22(27)30)11-14-5-4-10-26(14)19-7-3-2-6-18(19)24/h2-12H,1H3,(H,25,28,30)/b16-11+. The van der Waals surface area contributed by atoms with E-state index in [0.717, 1.165) is 5.56 Å². The van der Waals surface area contributed by atoms with Gasteiger partial charge in [-0.25, -0.2) is 4.39 Å². The monoisotopic (exact) mass is 439 g/mol. The molecule has 0 saturated carbocycles. The number of carbonyl (C=O) groups excluding carboxylic acids is 2. The van der Waals surface area contributed by atoms with E-state index in [0.29, 0.717) is 22.1 Å². The van der Waals surface area contributed by atoms with E-state index >= 15 is 0 Å². The molecule has 2 aromatic carbocycles. The second kappa shape index (κ2) is 7.85. The average molecular weight is 440 g/mol. The van der Waals surface area contributed by atoms with Gasteiger partial charge in [-0.05, 0) is 67.2 Å². The summed E-state index contributed by atoms with van der Waals surface area (Å²) in [7, 11) is 0. The van der Waals surface area contributed by atoms with Gasteiger partial charge in [-0.15, -0.1) is 0 Å². The van der Waals surface area contributed by atoms with Crippen molar-refractivity contribution in [3.05, 3.63) is 88.5 Å². The Kier molecular flexibility index (Phi) is 5.24. The van der Waals surface area contributed by atoms with Crippen LogP contribution in [-0.4, -0.2) is 21.5 Å². The highest BCUT2D eigenvalue weighted by Gasteiger charge is 2.34. The lowest BCUT2D eigenvalue weighted by Crippen LogP contribution is -2.54. The van der Waals surface area contributed by atoms with E-state index in [4.69, 9.17) is 23.8 Å². The number of halogens is 2. The SMILES string of the molecule is Cc1ccc(N2C(=O)/C(=C/c3cccn3-c3ccccc3F)C(=O)NC2=S)cc1Cl. The highest BCUT2D eigenvalue weighted by molar-refractivity contribution is 7.80. The van der Waals surface area contributed by atoms with Crippen molar-refractivity contribution < 1.29 is 14.0 Å². The van der Waals surface area contributed by atoms with E-state index in [-0.39, 0.29) is 10.7 Å². The Morgan fingerprint density at radius 1 is 1.10 bits per heavy atom. The molecule has 1 saturated heterocycles. The summed E-state index contributed by atoms with van der Waals surface area (Å²) in [6.07, 6.45) is 3.06. The molecule has 1 N–H and O–H groups in total. The Bertz CT molecular complexity index is 1230. The Morgan fingerprint density at radius 3 is 2.60 bits per heavy atom. The number of rotatable bonds is 3. The summed E-state index contributed by atoms with van der Waals surface area (Å²) in [5.41, 5.74) is 1.93. The molecule has 0 unspecified atom stereocenters. The van der Waals surface area contributed by atoms with Crippen LogP contribution in [0.5, 0.6) is 0 Å². The number of carbonyl (C=O) groups is 2. The third-order valence-corrected chi connectivity index (χ3v) is 5.39. The maximum absolute atomic E-state index is 14.2. The number of para-hydroxylation sites is 1. The normalized spacial score (nSPS) is 15.6. The van der Waals surface area contributed by atoms with Crippen LogP contribution in [-0.2, 0) is 9.59 Å². The van der Waals surface area contributed by atoms with Crippen molar-refractivity contribution in [1.82, 2.24) is 9.88 Å². The molecule has 0 spiro atoms. The number of benzene rings is 2. The molecule has 2 heterocycles. The van der Waals surface area contributed by atoms with Crippen molar-refractivity contribution in [1.29, 1.82) is 0 Å². The van der Waals surface area contributed by atoms with Gasteiger partial charge in [0.15, 0.2) is 5.11 Å². The number of nitrogens with one attached hydrogen (secondary N) is 1. The Balaban J connectivity index is 1.77. The molecule has 1 aromatic heterocycles. The molecule has 2 amide bonds. The maximum Gasteiger partial charge on any atom is 0.270 e. The molecule has 0 aliphatic carbocycles. The predicted molar refractivity (Wildman–Crippen MR) is 118 cm³/mol. The number of hydrogen-bond donors (Lipinski definition) is 1. The van der Waals surface area contributed by atoms with Crippen molar-refractivity contribution in [2.75, 3.05) is 4.90 Å². The Labute approximate surface area is 182 Å². The van der Waals surface area contributed by atoms with Crippen LogP contribution in [0.3, 0.4) is 0 Å². The molecule has 4 rings (SSSR count). The number of thiocarbonyl (C=S) groups is 1. The third-order valence-electron chi connectivity index (χ3n) is 4.70. The van der Waals surface area contributed by atoms with E-state index < -0.39 is 17.6 Å². The largest absolute Gasteiger partial charge is 0.314 e. The average Bonchev–Trinajstić information content (AvgIpc) is 3.16. The van der Waals surface area contributed by atoms with E-state index in [9.17, 15) is 14.0 Å². The zero-order valence-corrected chi connectivity index (χ0v) is 17.3. The van der Waals surface area contributed by atoms with Gasteiger partial charge < -0.3 is 4.57 Å². The predicted octanol–water partition coefficient (Wildman–Crippen LogP) is 4.41. The lowest BCUT2D eigenvalue weighted by atomic mass is 10.1. The van der Waals surface area contributed by atoms with E-state index in [2.05, 4.69) is 5.32 Å². The van der Waals surface area contributed by atoms with Gasteiger partial charge in [0, 0.05) is 16.9 Å².